The lowest BCUT2D eigenvalue weighted by Gasteiger charge is -2.18. The number of nitrogens with zero attached hydrogens (tertiary/aromatic N) is 1. The van der Waals surface area contributed by atoms with E-state index in [4.69, 9.17) is 11.6 Å². The van der Waals surface area contributed by atoms with Gasteiger partial charge in [-0.15, -0.1) is 0 Å². The van der Waals surface area contributed by atoms with E-state index in [1.54, 1.807) is 11.0 Å². The van der Waals surface area contributed by atoms with E-state index in [0.717, 1.165) is 21.3 Å². The number of rotatable bonds is 3. The molecule has 1 N–H and O–H groups in total. The van der Waals surface area contributed by atoms with Gasteiger partial charge in [-0.3, -0.25) is 9.59 Å². The highest BCUT2D eigenvalue weighted by Crippen LogP contribution is 2.38. The third kappa shape index (κ3) is 3.26. The summed E-state index contributed by atoms with van der Waals surface area (Å²) in [6.45, 7) is 1.81. The van der Waals surface area contributed by atoms with Gasteiger partial charge in [0.05, 0.1) is 6.54 Å². The van der Waals surface area contributed by atoms with E-state index in [-0.39, 0.29) is 11.8 Å². The fourth-order valence-electron chi connectivity index (χ4n) is 2.73. The Kier molecular flexibility index (Phi) is 4.41. The van der Waals surface area contributed by atoms with Crippen LogP contribution in [0.1, 0.15) is 24.1 Å². The first-order valence-electron chi connectivity index (χ1n) is 7.08. The van der Waals surface area contributed by atoms with Crippen LogP contribution in [0.2, 0.25) is 5.02 Å². The van der Waals surface area contributed by atoms with Crippen molar-refractivity contribution in [2.75, 3.05) is 4.90 Å². The zero-order valence-corrected chi connectivity index (χ0v) is 14.7. The van der Waals surface area contributed by atoms with E-state index in [2.05, 4.69) is 21.2 Å². The maximum atomic E-state index is 12.8. The molecule has 0 unspecified atom stereocenters. The van der Waals surface area contributed by atoms with Crippen LogP contribution in [0.15, 0.2) is 46.9 Å². The molecule has 0 aromatic heterocycles. The second-order valence-electron chi connectivity index (χ2n) is 5.39. The van der Waals surface area contributed by atoms with E-state index < -0.39 is 6.04 Å². The average molecular weight is 394 g/mol. The molecule has 1 aliphatic rings. The van der Waals surface area contributed by atoms with Crippen molar-refractivity contribution >= 4 is 45.0 Å². The van der Waals surface area contributed by atoms with E-state index in [0.29, 0.717) is 11.6 Å². The van der Waals surface area contributed by atoms with Crippen molar-refractivity contribution in [3.63, 3.8) is 0 Å². The first-order valence-corrected chi connectivity index (χ1v) is 8.25. The summed E-state index contributed by atoms with van der Waals surface area (Å²) in [6.07, 6.45) is 0. The number of hydrogen-bond donors (Lipinski definition) is 1. The summed E-state index contributed by atoms with van der Waals surface area (Å²) in [7, 11) is 0. The Labute approximate surface area is 147 Å². The lowest BCUT2D eigenvalue weighted by atomic mass is 10.1. The van der Waals surface area contributed by atoms with Gasteiger partial charge >= 0.3 is 0 Å². The molecule has 2 aromatic carbocycles. The largest absolute Gasteiger partial charge is 0.341 e. The molecule has 0 saturated carbocycles. The zero-order valence-electron chi connectivity index (χ0n) is 12.3. The second-order valence-corrected chi connectivity index (χ2v) is 6.74. The third-order valence-corrected chi connectivity index (χ3v) is 4.41. The molecule has 1 atom stereocenters. The molecule has 0 radical (unpaired) electrons. The summed E-state index contributed by atoms with van der Waals surface area (Å²) in [5.74, 6) is -0.382. The number of hydrogen-bond acceptors (Lipinski definition) is 2. The van der Waals surface area contributed by atoms with Crippen molar-refractivity contribution in [1.82, 2.24) is 5.32 Å². The quantitative estimate of drug-likeness (QED) is 0.861. The van der Waals surface area contributed by atoms with Crippen LogP contribution in [0.25, 0.3) is 0 Å². The Balaban J connectivity index is 1.98. The molecule has 6 heteroatoms. The van der Waals surface area contributed by atoms with Crippen LogP contribution >= 0.6 is 27.5 Å². The lowest BCUT2D eigenvalue weighted by Crippen LogP contribution is -2.36. The van der Waals surface area contributed by atoms with Gasteiger partial charge in [-0.1, -0.05) is 39.7 Å². The number of benzene rings is 2. The standard InChI is InChI=1S/C17H14BrClN2O2/c1-10(22)20-16-14-8-12(18)5-6-15(14)21(17(16)23)9-11-3-2-4-13(19)7-11/h2-8,16H,9H2,1H3,(H,20,22)/t16-/m0/s1. The minimum Gasteiger partial charge on any atom is -0.341 e. The van der Waals surface area contributed by atoms with Gasteiger partial charge in [0.1, 0.15) is 6.04 Å². The van der Waals surface area contributed by atoms with Gasteiger partial charge in [0.2, 0.25) is 5.91 Å². The van der Waals surface area contributed by atoms with Crippen LogP contribution < -0.4 is 10.2 Å². The lowest BCUT2D eigenvalue weighted by molar-refractivity contribution is -0.126. The maximum Gasteiger partial charge on any atom is 0.254 e. The van der Waals surface area contributed by atoms with Gasteiger partial charge in [0.15, 0.2) is 0 Å². The van der Waals surface area contributed by atoms with Gasteiger partial charge in [-0.25, -0.2) is 0 Å². The van der Waals surface area contributed by atoms with Crippen LogP contribution in [-0.2, 0) is 16.1 Å². The van der Waals surface area contributed by atoms with Crippen molar-refractivity contribution in [3.05, 3.63) is 63.1 Å². The topological polar surface area (TPSA) is 49.4 Å². The predicted molar refractivity (Wildman–Crippen MR) is 93.3 cm³/mol. The van der Waals surface area contributed by atoms with Crippen LogP contribution in [-0.4, -0.2) is 11.8 Å². The molecule has 0 spiro atoms. The number of amides is 2. The number of carbonyl (C=O) groups is 2. The number of nitrogens with one attached hydrogen (secondary N) is 1. The minimum absolute atomic E-state index is 0.145. The molecule has 2 aromatic rings. The van der Waals surface area contributed by atoms with Gasteiger partial charge in [-0.05, 0) is 35.9 Å². The van der Waals surface area contributed by atoms with Crippen molar-refractivity contribution in [3.8, 4) is 0 Å². The van der Waals surface area contributed by atoms with E-state index >= 15 is 0 Å². The Morgan fingerprint density at radius 2 is 2.09 bits per heavy atom. The van der Waals surface area contributed by atoms with Crippen molar-refractivity contribution < 1.29 is 9.59 Å². The molecular weight excluding hydrogens is 380 g/mol. The summed E-state index contributed by atoms with van der Waals surface area (Å²) in [5, 5.41) is 3.35. The smallest absolute Gasteiger partial charge is 0.254 e. The fourth-order valence-corrected chi connectivity index (χ4v) is 3.33. The molecule has 0 saturated heterocycles. The van der Waals surface area contributed by atoms with E-state index in [9.17, 15) is 9.59 Å². The molecular formula is C17H14BrClN2O2. The summed E-state index contributed by atoms with van der Waals surface area (Å²) in [4.78, 5) is 25.9. The van der Waals surface area contributed by atoms with Crippen LogP contribution in [0.4, 0.5) is 5.69 Å². The van der Waals surface area contributed by atoms with Crippen LogP contribution in [0.5, 0.6) is 0 Å². The van der Waals surface area contributed by atoms with Crippen molar-refractivity contribution in [2.24, 2.45) is 0 Å². The molecule has 0 aliphatic carbocycles. The molecule has 23 heavy (non-hydrogen) atoms. The van der Waals surface area contributed by atoms with Gasteiger partial charge in [-0.2, -0.15) is 0 Å². The van der Waals surface area contributed by atoms with E-state index in [1.165, 1.54) is 6.92 Å². The highest BCUT2D eigenvalue weighted by Gasteiger charge is 2.37. The Bertz CT molecular complexity index is 794. The highest BCUT2D eigenvalue weighted by molar-refractivity contribution is 9.10. The normalized spacial score (nSPS) is 16.4. The van der Waals surface area contributed by atoms with Gasteiger partial charge in [0.25, 0.3) is 5.91 Å². The molecule has 118 valence electrons. The number of fused-ring (bicyclic) bond motifs is 1. The first kappa shape index (κ1) is 16.0. The number of carbonyl (C=O) groups excluding carboxylic acids is 2. The summed E-state index contributed by atoms with van der Waals surface area (Å²) < 4.78 is 0.865. The summed E-state index contributed by atoms with van der Waals surface area (Å²) >= 11 is 9.43. The van der Waals surface area contributed by atoms with Crippen LogP contribution in [0, 0.1) is 0 Å². The first-order chi connectivity index (χ1) is 11.0. The molecule has 4 nitrogen and oxygen atoms in total. The fraction of sp³-hybridized carbons (Fsp3) is 0.176. The van der Waals surface area contributed by atoms with Crippen molar-refractivity contribution in [1.29, 1.82) is 0 Å². The number of halogens is 2. The molecule has 2 amide bonds. The molecule has 1 heterocycles. The minimum atomic E-state index is -0.654. The number of anilines is 1. The second kappa shape index (κ2) is 6.34. The summed E-state index contributed by atoms with van der Waals surface area (Å²) in [5.41, 5.74) is 2.53. The molecule has 3 rings (SSSR count). The van der Waals surface area contributed by atoms with E-state index in [1.807, 2.05) is 36.4 Å². The van der Waals surface area contributed by atoms with Crippen LogP contribution in [0.3, 0.4) is 0 Å². The highest BCUT2D eigenvalue weighted by atomic mass is 79.9. The van der Waals surface area contributed by atoms with Gasteiger partial charge < -0.3 is 10.2 Å². The predicted octanol–water partition coefficient (Wildman–Crippen LogP) is 3.83. The Hall–Kier alpha value is -1.85. The zero-order chi connectivity index (χ0) is 16.6. The Morgan fingerprint density at radius 3 is 2.78 bits per heavy atom. The maximum absolute atomic E-state index is 12.8. The average Bonchev–Trinajstić information content (AvgIpc) is 2.72. The van der Waals surface area contributed by atoms with Gasteiger partial charge in [0, 0.05) is 27.7 Å². The third-order valence-electron chi connectivity index (χ3n) is 3.68. The van der Waals surface area contributed by atoms with Crippen molar-refractivity contribution in [2.45, 2.75) is 19.5 Å². The molecule has 0 bridgehead atoms. The SMILES string of the molecule is CC(=O)N[C@@H]1C(=O)N(Cc2cccc(Cl)c2)c2ccc(Br)cc21. The Morgan fingerprint density at radius 1 is 1.30 bits per heavy atom. The molecule has 1 aliphatic heterocycles. The monoisotopic (exact) mass is 392 g/mol. The summed E-state index contributed by atoms with van der Waals surface area (Å²) in [6, 6.07) is 12.4. The molecule has 0 fully saturated rings.